The molecule has 0 fully saturated rings. The zero-order valence-corrected chi connectivity index (χ0v) is 26.9. The zero-order valence-electron chi connectivity index (χ0n) is 26.9. The van der Waals surface area contributed by atoms with Crippen LogP contribution in [-0.2, 0) is 9.47 Å². The van der Waals surface area contributed by atoms with Crippen LogP contribution in [0.25, 0.3) is 50.2 Å². The Kier molecular flexibility index (Phi) is 8.26. The minimum atomic E-state index is -1.28. The van der Waals surface area contributed by atoms with E-state index in [9.17, 15) is 19.2 Å². The number of nitrogens with zero attached hydrogens (tertiary/aromatic N) is 4. The molecule has 0 atom stereocenters. The summed E-state index contributed by atoms with van der Waals surface area (Å²) >= 11 is 0. The number of benzene rings is 4. The number of hydrogen-bond acceptors (Lipinski definition) is 9. The Morgan fingerprint density at radius 2 is 1.16 bits per heavy atom. The van der Waals surface area contributed by atoms with Crippen molar-refractivity contribution in [3.8, 4) is 28.4 Å². The number of pyridine rings is 1. The van der Waals surface area contributed by atoms with Gasteiger partial charge in [0.25, 0.3) is 16.7 Å². The Hall–Kier alpha value is -6.82. The lowest BCUT2D eigenvalue weighted by atomic mass is 10.0. The van der Waals surface area contributed by atoms with E-state index in [-0.39, 0.29) is 18.7 Å². The molecule has 0 spiro atoms. The van der Waals surface area contributed by atoms with Crippen LogP contribution in [0.5, 0.6) is 5.75 Å². The normalized spacial score (nSPS) is 11.2. The highest BCUT2D eigenvalue weighted by atomic mass is 16.7. The maximum atomic E-state index is 15.0. The largest absolute Gasteiger partial charge is 0.513 e. The fourth-order valence-electron chi connectivity index (χ4n) is 6.04. The van der Waals surface area contributed by atoms with E-state index in [0.29, 0.717) is 27.9 Å². The van der Waals surface area contributed by atoms with Crippen molar-refractivity contribution in [2.45, 2.75) is 13.8 Å². The zero-order chi connectivity index (χ0) is 34.9. The summed E-state index contributed by atoms with van der Waals surface area (Å²) in [4.78, 5) is 76.0. The monoisotopic (exact) mass is 668 g/mol. The molecule has 0 saturated heterocycles. The third-order valence-corrected chi connectivity index (χ3v) is 8.05. The maximum absolute atomic E-state index is 15.0. The van der Waals surface area contributed by atoms with Crippen LogP contribution in [0.2, 0.25) is 0 Å². The first-order valence-electron chi connectivity index (χ1n) is 15.8. The molecule has 50 heavy (non-hydrogen) atoms. The number of hydrogen-bond donors (Lipinski definition) is 0. The molecule has 0 bridgehead atoms. The van der Waals surface area contributed by atoms with E-state index in [0.717, 1.165) is 4.40 Å². The van der Waals surface area contributed by atoms with Crippen LogP contribution in [0.1, 0.15) is 24.2 Å². The van der Waals surface area contributed by atoms with E-state index in [4.69, 9.17) is 14.2 Å². The molecule has 4 aromatic carbocycles. The number of para-hydroxylation sites is 6. The molecule has 0 unspecified atom stereocenters. The van der Waals surface area contributed by atoms with E-state index in [1.54, 1.807) is 116 Å². The van der Waals surface area contributed by atoms with Gasteiger partial charge < -0.3 is 14.2 Å². The first-order valence-corrected chi connectivity index (χ1v) is 15.8. The second-order valence-electron chi connectivity index (χ2n) is 11.0. The van der Waals surface area contributed by atoms with Crippen molar-refractivity contribution < 1.29 is 23.8 Å². The lowest BCUT2D eigenvalue weighted by Gasteiger charge is -2.20. The van der Waals surface area contributed by atoms with Crippen molar-refractivity contribution in [1.82, 2.24) is 18.5 Å². The smallest absolute Gasteiger partial charge is 0.462 e. The third-order valence-electron chi connectivity index (χ3n) is 8.05. The number of aromatic nitrogens is 4. The Balaban J connectivity index is 1.74. The van der Waals surface area contributed by atoms with Gasteiger partial charge in [-0.05, 0) is 62.4 Å². The van der Waals surface area contributed by atoms with Crippen molar-refractivity contribution in [3.05, 3.63) is 146 Å². The molecular weight excluding hydrogens is 640 g/mol. The summed E-state index contributed by atoms with van der Waals surface area (Å²) in [6.07, 6.45) is -1.28. The van der Waals surface area contributed by atoms with E-state index < -0.39 is 56.9 Å². The third kappa shape index (κ3) is 5.19. The second-order valence-corrected chi connectivity index (χ2v) is 11.0. The molecule has 0 aliphatic heterocycles. The topological polar surface area (TPSA) is 140 Å². The van der Waals surface area contributed by atoms with Crippen LogP contribution in [0.4, 0.5) is 4.79 Å². The van der Waals surface area contributed by atoms with Gasteiger partial charge >= 0.3 is 12.1 Å². The standard InChI is InChI=1S/C38H28N4O8/c1-3-48-37(46)30-32-36(45)41(24-17-9-6-10-18-24)27-21-13-14-22-28(27)42(32)34(43)29(33(30)50-38(47)49-4-2)31-35(44)40(23-15-7-5-8-16-23)26-20-12-11-19-25(26)39-31/h5-22H,3-4H2,1-2H3. The van der Waals surface area contributed by atoms with Gasteiger partial charge in [-0.3, -0.25) is 27.9 Å². The molecule has 0 N–H and O–H groups in total. The maximum Gasteiger partial charge on any atom is 0.513 e. The number of rotatable bonds is 7. The van der Waals surface area contributed by atoms with E-state index in [1.807, 2.05) is 0 Å². The minimum absolute atomic E-state index is 0.115. The van der Waals surface area contributed by atoms with Gasteiger partial charge in [0.2, 0.25) is 0 Å². The average Bonchev–Trinajstić information content (AvgIpc) is 3.13. The second kappa shape index (κ2) is 13.0. The fraction of sp³-hybridized carbons (Fsp3) is 0.105. The van der Waals surface area contributed by atoms with Gasteiger partial charge in [0.1, 0.15) is 22.3 Å². The summed E-state index contributed by atoms with van der Waals surface area (Å²) in [6.45, 7) is 2.85. The van der Waals surface area contributed by atoms with Crippen molar-refractivity contribution in [1.29, 1.82) is 0 Å². The van der Waals surface area contributed by atoms with Crippen LogP contribution in [-0.4, -0.2) is 43.9 Å². The van der Waals surface area contributed by atoms with Gasteiger partial charge in [0, 0.05) is 11.4 Å². The summed E-state index contributed by atoms with van der Waals surface area (Å²) in [7, 11) is 0. The number of fused-ring (bicyclic) bond motifs is 4. The molecule has 12 heteroatoms. The highest BCUT2D eigenvalue weighted by Gasteiger charge is 2.34. The average molecular weight is 669 g/mol. The summed E-state index contributed by atoms with van der Waals surface area (Å²) in [5.41, 5.74) is -2.26. The lowest BCUT2D eigenvalue weighted by molar-refractivity contribution is 0.0523. The molecule has 0 amide bonds. The van der Waals surface area contributed by atoms with Crippen LogP contribution in [0, 0.1) is 0 Å². The summed E-state index contributed by atoms with van der Waals surface area (Å²) in [5.74, 6) is -1.78. The summed E-state index contributed by atoms with van der Waals surface area (Å²) < 4.78 is 19.9. The SMILES string of the molecule is CCOC(=O)Oc1c(-c2nc3ccccc3n(-c3ccccc3)c2=O)c(=O)n2c(c1C(=O)OCC)c(=O)n(-c1ccccc1)c1ccccc12. The highest BCUT2D eigenvalue weighted by molar-refractivity contribution is 6.04. The Morgan fingerprint density at radius 3 is 1.78 bits per heavy atom. The van der Waals surface area contributed by atoms with Crippen molar-refractivity contribution >= 4 is 39.7 Å². The van der Waals surface area contributed by atoms with Crippen molar-refractivity contribution in [2.75, 3.05) is 13.2 Å². The van der Waals surface area contributed by atoms with E-state index >= 15 is 4.79 Å². The van der Waals surface area contributed by atoms with E-state index in [2.05, 4.69) is 4.98 Å². The van der Waals surface area contributed by atoms with E-state index in [1.165, 1.54) is 16.1 Å². The first kappa shape index (κ1) is 31.8. The molecule has 0 saturated carbocycles. The number of carbonyl (C=O) groups excluding carboxylic acids is 2. The molecule has 0 aliphatic rings. The molecule has 7 rings (SSSR count). The van der Waals surface area contributed by atoms with Crippen LogP contribution < -0.4 is 21.4 Å². The Morgan fingerprint density at radius 1 is 0.620 bits per heavy atom. The molecule has 3 aromatic heterocycles. The Labute approximate surface area is 283 Å². The van der Waals surface area contributed by atoms with Gasteiger partial charge in [0.15, 0.2) is 5.75 Å². The molecule has 3 heterocycles. The van der Waals surface area contributed by atoms with Crippen LogP contribution >= 0.6 is 0 Å². The van der Waals surface area contributed by atoms with Gasteiger partial charge in [0.05, 0.1) is 35.3 Å². The van der Waals surface area contributed by atoms with Gasteiger partial charge in [-0.2, -0.15) is 0 Å². The van der Waals surface area contributed by atoms with Crippen molar-refractivity contribution in [3.63, 3.8) is 0 Å². The molecular formula is C38H28N4O8. The molecule has 12 nitrogen and oxygen atoms in total. The van der Waals surface area contributed by atoms with Gasteiger partial charge in [-0.15, -0.1) is 0 Å². The fourth-order valence-corrected chi connectivity index (χ4v) is 6.04. The molecule has 7 aromatic rings. The summed E-state index contributed by atoms with van der Waals surface area (Å²) in [5, 5.41) is 0. The predicted octanol–water partition coefficient (Wildman–Crippen LogP) is 5.68. The number of esters is 1. The van der Waals surface area contributed by atoms with Crippen molar-refractivity contribution in [2.24, 2.45) is 0 Å². The van der Waals surface area contributed by atoms with Gasteiger partial charge in [-0.25, -0.2) is 14.6 Å². The molecule has 248 valence electrons. The number of ether oxygens (including phenoxy) is 3. The first-order chi connectivity index (χ1) is 24.3. The van der Waals surface area contributed by atoms with Gasteiger partial charge in [-0.1, -0.05) is 60.7 Å². The summed E-state index contributed by atoms with van der Waals surface area (Å²) in [6, 6.07) is 30.8. The number of carbonyl (C=O) groups is 2. The molecule has 0 aliphatic carbocycles. The van der Waals surface area contributed by atoms with Crippen LogP contribution in [0.15, 0.2) is 124 Å². The minimum Gasteiger partial charge on any atom is -0.462 e. The predicted molar refractivity (Wildman–Crippen MR) is 187 cm³/mol. The molecule has 0 radical (unpaired) electrons. The lowest BCUT2D eigenvalue weighted by Crippen LogP contribution is -2.33. The quantitative estimate of drug-likeness (QED) is 0.155. The highest BCUT2D eigenvalue weighted by Crippen LogP contribution is 2.34. The Bertz CT molecular complexity index is 2650. The van der Waals surface area contributed by atoms with Crippen LogP contribution in [0.3, 0.4) is 0 Å².